The number of rotatable bonds is 4. The molecule has 3 rings (SSSR count). The number of hydrogen-bond donors (Lipinski definition) is 2. The van der Waals surface area contributed by atoms with Crippen molar-refractivity contribution in [2.24, 2.45) is 0 Å². The van der Waals surface area contributed by atoms with E-state index < -0.39 is 12.0 Å². The minimum absolute atomic E-state index is 0.0511. The first-order valence-electron chi connectivity index (χ1n) is 7.59. The Bertz CT molecular complexity index is 628. The summed E-state index contributed by atoms with van der Waals surface area (Å²) in [5.74, 6) is -0.624. The molecule has 0 aliphatic carbocycles. The molecule has 2 fully saturated rings. The molecule has 2 N–H and O–H groups in total. The zero-order valence-electron chi connectivity index (χ0n) is 12.9. The Hall–Kier alpha value is -2.42. The number of piperazine rings is 2. The Morgan fingerprint density at radius 2 is 2.26 bits per heavy atom. The van der Waals surface area contributed by atoms with Crippen LogP contribution in [-0.4, -0.2) is 76.6 Å². The van der Waals surface area contributed by atoms with Crippen molar-refractivity contribution < 1.29 is 19.1 Å². The molecule has 2 aliphatic rings. The third-order valence-corrected chi connectivity index (χ3v) is 4.09. The minimum Gasteiger partial charge on any atom is -0.461 e. The molecule has 1 aromatic rings. The van der Waals surface area contributed by atoms with Crippen LogP contribution in [0.4, 0.5) is 0 Å². The number of carbonyl (C=O) groups is 3. The Morgan fingerprint density at radius 3 is 3.04 bits per heavy atom. The normalized spacial score (nSPS) is 21.8. The summed E-state index contributed by atoms with van der Waals surface area (Å²) in [6, 6.07) is -0.469. The highest BCUT2D eigenvalue weighted by Crippen LogP contribution is 2.17. The smallest absolute Gasteiger partial charge is 0.356 e. The standard InChI is InChI=1S/C14H19N5O4/c1-2-23-14(22)12-9(5-16-17-12)7-18-3-4-19-10(8-18)13(21)15-6-11(19)20/h5,10H,2-4,6-8H2,1H3,(H,15,21)(H,16,17)/t10-/m0/s1. The van der Waals surface area contributed by atoms with E-state index in [1.54, 1.807) is 18.0 Å². The number of nitrogens with one attached hydrogen (secondary N) is 2. The van der Waals surface area contributed by atoms with Crippen molar-refractivity contribution in [2.75, 3.05) is 32.8 Å². The lowest BCUT2D eigenvalue weighted by molar-refractivity contribution is -0.149. The molecule has 0 spiro atoms. The number of esters is 1. The van der Waals surface area contributed by atoms with E-state index in [1.807, 2.05) is 4.90 Å². The average molecular weight is 321 g/mol. The molecule has 9 nitrogen and oxygen atoms in total. The highest BCUT2D eigenvalue weighted by Gasteiger charge is 2.38. The number of aromatic amines is 1. The van der Waals surface area contributed by atoms with Crippen LogP contribution in [0.1, 0.15) is 23.0 Å². The molecule has 2 saturated heterocycles. The van der Waals surface area contributed by atoms with E-state index in [2.05, 4.69) is 15.5 Å². The van der Waals surface area contributed by atoms with Gasteiger partial charge < -0.3 is 15.0 Å². The van der Waals surface area contributed by atoms with E-state index in [0.717, 1.165) is 5.56 Å². The van der Waals surface area contributed by atoms with Crippen LogP contribution in [0.3, 0.4) is 0 Å². The molecule has 2 aliphatic heterocycles. The number of H-pyrrole nitrogens is 1. The van der Waals surface area contributed by atoms with Gasteiger partial charge in [-0.1, -0.05) is 0 Å². The quantitative estimate of drug-likeness (QED) is 0.670. The van der Waals surface area contributed by atoms with Crippen molar-refractivity contribution in [1.82, 2.24) is 25.3 Å². The monoisotopic (exact) mass is 321 g/mol. The van der Waals surface area contributed by atoms with Gasteiger partial charge >= 0.3 is 5.97 Å². The zero-order valence-corrected chi connectivity index (χ0v) is 12.9. The molecule has 0 saturated carbocycles. The number of fused-ring (bicyclic) bond motifs is 1. The summed E-state index contributed by atoms with van der Waals surface area (Å²) < 4.78 is 4.99. The van der Waals surface area contributed by atoms with Gasteiger partial charge in [0.1, 0.15) is 11.7 Å². The van der Waals surface area contributed by atoms with Crippen LogP contribution in [-0.2, 0) is 20.9 Å². The predicted octanol–water partition coefficient (Wildman–Crippen LogP) is -1.27. The Kier molecular flexibility index (Phi) is 4.28. The first-order chi connectivity index (χ1) is 11.1. The fourth-order valence-electron chi connectivity index (χ4n) is 2.94. The lowest BCUT2D eigenvalue weighted by Crippen LogP contribution is -2.65. The van der Waals surface area contributed by atoms with Gasteiger partial charge in [0.05, 0.1) is 19.3 Å². The lowest BCUT2D eigenvalue weighted by Gasteiger charge is -2.42. The summed E-state index contributed by atoms with van der Waals surface area (Å²) in [4.78, 5) is 39.3. The van der Waals surface area contributed by atoms with Gasteiger partial charge in [-0.2, -0.15) is 5.10 Å². The second-order valence-electron chi connectivity index (χ2n) is 5.55. The number of aromatic nitrogens is 2. The summed E-state index contributed by atoms with van der Waals surface area (Å²) >= 11 is 0. The van der Waals surface area contributed by atoms with Crippen LogP contribution in [0.15, 0.2) is 6.20 Å². The third-order valence-electron chi connectivity index (χ3n) is 4.09. The molecule has 3 heterocycles. The van der Waals surface area contributed by atoms with Crippen molar-refractivity contribution >= 4 is 17.8 Å². The number of ether oxygens (including phenoxy) is 1. The van der Waals surface area contributed by atoms with E-state index in [0.29, 0.717) is 38.5 Å². The number of nitrogens with zero attached hydrogens (tertiary/aromatic N) is 3. The molecule has 1 aromatic heterocycles. The summed E-state index contributed by atoms with van der Waals surface area (Å²) in [5, 5.41) is 9.17. The van der Waals surface area contributed by atoms with Crippen molar-refractivity contribution in [3.05, 3.63) is 17.5 Å². The van der Waals surface area contributed by atoms with E-state index in [4.69, 9.17) is 4.74 Å². The van der Waals surface area contributed by atoms with Crippen LogP contribution in [0.5, 0.6) is 0 Å². The molecule has 124 valence electrons. The van der Waals surface area contributed by atoms with Crippen LogP contribution in [0.25, 0.3) is 0 Å². The van der Waals surface area contributed by atoms with Crippen molar-refractivity contribution in [2.45, 2.75) is 19.5 Å². The van der Waals surface area contributed by atoms with E-state index >= 15 is 0 Å². The summed E-state index contributed by atoms with van der Waals surface area (Å²) in [6.07, 6.45) is 1.59. The fourth-order valence-corrected chi connectivity index (χ4v) is 2.94. The molecular formula is C14H19N5O4. The van der Waals surface area contributed by atoms with Gasteiger partial charge in [0, 0.05) is 31.7 Å². The van der Waals surface area contributed by atoms with Crippen molar-refractivity contribution in [1.29, 1.82) is 0 Å². The molecule has 0 radical (unpaired) electrons. The number of hydrogen-bond acceptors (Lipinski definition) is 6. The predicted molar refractivity (Wildman–Crippen MR) is 78.3 cm³/mol. The van der Waals surface area contributed by atoms with Gasteiger partial charge in [0.15, 0.2) is 0 Å². The first-order valence-corrected chi connectivity index (χ1v) is 7.59. The van der Waals surface area contributed by atoms with Gasteiger partial charge in [-0.15, -0.1) is 0 Å². The maximum Gasteiger partial charge on any atom is 0.356 e. The first kappa shape index (κ1) is 15.5. The van der Waals surface area contributed by atoms with Crippen LogP contribution in [0.2, 0.25) is 0 Å². The topological polar surface area (TPSA) is 108 Å². The summed E-state index contributed by atoms with van der Waals surface area (Å²) in [5.41, 5.74) is 1.05. The van der Waals surface area contributed by atoms with Crippen LogP contribution < -0.4 is 5.32 Å². The zero-order chi connectivity index (χ0) is 16.4. The fraction of sp³-hybridized carbons (Fsp3) is 0.571. The maximum atomic E-state index is 12.0. The highest BCUT2D eigenvalue weighted by molar-refractivity contribution is 5.95. The average Bonchev–Trinajstić information content (AvgIpc) is 2.99. The molecule has 1 atom stereocenters. The summed E-state index contributed by atoms with van der Waals surface area (Å²) in [6.45, 7) is 4.16. The van der Waals surface area contributed by atoms with Crippen molar-refractivity contribution in [3.8, 4) is 0 Å². The van der Waals surface area contributed by atoms with Crippen molar-refractivity contribution in [3.63, 3.8) is 0 Å². The molecule has 0 unspecified atom stereocenters. The molecular weight excluding hydrogens is 302 g/mol. The molecule has 2 amide bonds. The third kappa shape index (κ3) is 3.04. The van der Waals surface area contributed by atoms with Crippen LogP contribution >= 0.6 is 0 Å². The number of amides is 2. The number of carbonyl (C=O) groups excluding carboxylic acids is 3. The van der Waals surface area contributed by atoms with E-state index in [-0.39, 0.29) is 18.4 Å². The maximum absolute atomic E-state index is 12.0. The Labute approximate surface area is 132 Å². The lowest BCUT2D eigenvalue weighted by atomic mass is 10.1. The second-order valence-corrected chi connectivity index (χ2v) is 5.55. The molecule has 0 bridgehead atoms. The minimum atomic E-state index is -0.469. The molecule has 9 heteroatoms. The molecule has 23 heavy (non-hydrogen) atoms. The molecule has 0 aromatic carbocycles. The van der Waals surface area contributed by atoms with E-state index in [9.17, 15) is 14.4 Å². The van der Waals surface area contributed by atoms with Gasteiger partial charge in [-0.05, 0) is 6.92 Å². The van der Waals surface area contributed by atoms with E-state index in [1.165, 1.54) is 0 Å². The Morgan fingerprint density at radius 1 is 1.43 bits per heavy atom. The summed E-state index contributed by atoms with van der Waals surface area (Å²) in [7, 11) is 0. The SMILES string of the molecule is CCOC(=O)c1[nH]ncc1CN1CCN2C(=O)CNC(=O)[C@@H]2C1. The van der Waals surface area contributed by atoms with Gasteiger partial charge in [0.25, 0.3) is 0 Å². The largest absolute Gasteiger partial charge is 0.461 e. The van der Waals surface area contributed by atoms with Gasteiger partial charge in [-0.25, -0.2) is 4.79 Å². The van der Waals surface area contributed by atoms with Gasteiger partial charge in [0.2, 0.25) is 11.8 Å². The van der Waals surface area contributed by atoms with Gasteiger partial charge in [-0.3, -0.25) is 19.6 Å². The second kappa shape index (κ2) is 6.37. The Balaban J connectivity index is 1.68. The van der Waals surface area contributed by atoms with Crippen LogP contribution in [0, 0.1) is 0 Å². The highest BCUT2D eigenvalue weighted by atomic mass is 16.5.